The number of halogens is 1. The molecule has 4 rings (SSSR count). The molecule has 3 aromatic heterocycles. The lowest BCUT2D eigenvalue weighted by atomic mass is 10.1. The first-order chi connectivity index (χ1) is 10.8. The Hall–Kier alpha value is -2.73. The number of aromatic nitrogens is 6. The number of nitrogens with one attached hydrogen (secondary N) is 1. The van der Waals surface area contributed by atoms with Crippen LogP contribution in [0.2, 0.25) is 5.28 Å². The molecule has 0 radical (unpaired) electrons. The van der Waals surface area contributed by atoms with Crippen LogP contribution in [0.25, 0.3) is 17.2 Å². The minimum absolute atomic E-state index is 0.243. The van der Waals surface area contributed by atoms with E-state index in [2.05, 4.69) is 37.3 Å². The summed E-state index contributed by atoms with van der Waals surface area (Å²) in [6, 6.07) is 10.1. The molecule has 108 valence electrons. The molecule has 0 atom stereocenters. The highest BCUT2D eigenvalue weighted by atomic mass is 35.5. The third kappa shape index (κ3) is 2.33. The molecule has 0 spiro atoms. The van der Waals surface area contributed by atoms with Gasteiger partial charge in [0.1, 0.15) is 5.69 Å². The van der Waals surface area contributed by atoms with E-state index in [0.29, 0.717) is 17.9 Å². The van der Waals surface area contributed by atoms with Gasteiger partial charge in [-0.15, -0.1) is 0 Å². The highest BCUT2D eigenvalue weighted by Crippen LogP contribution is 2.19. The van der Waals surface area contributed by atoms with Gasteiger partial charge in [-0.2, -0.15) is 10.1 Å². The van der Waals surface area contributed by atoms with Crippen LogP contribution in [-0.4, -0.2) is 29.5 Å². The van der Waals surface area contributed by atoms with Crippen LogP contribution in [0.5, 0.6) is 0 Å². The predicted molar refractivity (Wildman–Crippen MR) is 82.6 cm³/mol. The van der Waals surface area contributed by atoms with E-state index in [1.54, 1.807) is 6.20 Å². The second-order valence-corrected chi connectivity index (χ2v) is 5.20. The Bertz CT molecular complexity index is 928. The van der Waals surface area contributed by atoms with Gasteiger partial charge in [0.05, 0.1) is 5.69 Å². The van der Waals surface area contributed by atoms with Gasteiger partial charge in [0, 0.05) is 25.0 Å². The molecule has 0 saturated heterocycles. The van der Waals surface area contributed by atoms with Crippen molar-refractivity contribution in [2.45, 2.75) is 6.42 Å². The lowest BCUT2D eigenvalue weighted by Gasteiger charge is -2.06. The van der Waals surface area contributed by atoms with Crippen LogP contribution in [0.15, 0.2) is 48.9 Å². The van der Waals surface area contributed by atoms with E-state index in [1.807, 2.05) is 35.0 Å². The minimum atomic E-state index is 0.243. The predicted octanol–water partition coefficient (Wildman–Crippen LogP) is 2.76. The molecule has 0 aliphatic rings. The van der Waals surface area contributed by atoms with Gasteiger partial charge in [0.2, 0.25) is 11.1 Å². The van der Waals surface area contributed by atoms with Crippen molar-refractivity contribution in [1.82, 2.24) is 29.5 Å². The molecule has 7 heteroatoms. The quantitative estimate of drug-likeness (QED) is 0.631. The Labute approximate surface area is 130 Å². The van der Waals surface area contributed by atoms with Gasteiger partial charge in [0.25, 0.3) is 0 Å². The summed E-state index contributed by atoms with van der Waals surface area (Å²) in [5, 5.41) is 6.92. The lowest BCUT2D eigenvalue weighted by molar-refractivity contribution is 1.00. The number of fused-ring (bicyclic) bond motifs is 1. The van der Waals surface area contributed by atoms with Crippen LogP contribution in [0.1, 0.15) is 11.3 Å². The van der Waals surface area contributed by atoms with E-state index in [9.17, 15) is 0 Å². The van der Waals surface area contributed by atoms with Crippen molar-refractivity contribution in [2.24, 2.45) is 0 Å². The van der Waals surface area contributed by atoms with Gasteiger partial charge in [-0.3, -0.25) is 0 Å². The van der Waals surface area contributed by atoms with E-state index in [1.165, 1.54) is 5.56 Å². The van der Waals surface area contributed by atoms with Crippen molar-refractivity contribution >= 4 is 17.2 Å². The monoisotopic (exact) mass is 310 g/mol. The molecule has 0 bridgehead atoms. The molecule has 0 fully saturated rings. The Morgan fingerprint density at radius 2 is 2.00 bits per heavy atom. The number of imidazole rings is 1. The molecule has 6 nitrogen and oxygen atoms in total. The van der Waals surface area contributed by atoms with Crippen molar-refractivity contribution < 1.29 is 0 Å². The first kappa shape index (κ1) is 13.0. The largest absolute Gasteiger partial charge is 0.303 e. The summed E-state index contributed by atoms with van der Waals surface area (Å²) >= 11 is 5.80. The Kier molecular flexibility index (Phi) is 3.08. The standard InChI is InChI=1S/C15H11ClN6/c16-15-19-13(20-21-15)12-9-22-7-6-17-14(22)11(18-12)8-10-4-2-1-3-5-10/h1-7,9H,8H2,(H,19,20,21). The van der Waals surface area contributed by atoms with E-state index in [-0.39, 0.29) is 5.28 Å². The zero-order valence-corrected chi connectivity index (χ0v) is 12.2. The molecular weight excluding hydrogens is 300 g/mol. The van der Waals surface area contributed by atoms with Crippen LogP contribution < -0.4 is 0 Å². The topological polar surface area (TPSA) is 71.8 Å². The van der Waals surface area contributed by atoms with E-state index in [0.717, 1.165) is 11.3 Å². The van der Waals surface area contributed by atoms with E-state index >= 15 is 0 Å². The summed E-state index contributed by atoms with van der Waals surface area (Å²) in [7, 11) is 0. The maximum Gasteiger partial charge on any atom is 0.218 e. The Balaban J connectivity index is 1.84. The van der Waals surface area contributed by atoms with Crippen LogP contribution in [0, 0.1) is 0 Å². The zero-order valence-electron chi connectivity index (χ0n) is 11.4. The molecule has 4 aromatic rings. The molecule has 0 unspecified atom stereocenters. The minimum Gasteiger partial charge on any atom is -0.303 e. The molecule has 0 saturated carbocycles. The average molecular weight is 311 g/mol. The molecular formula is C15H11ClN6. The zero-order chi connectivity index (χ0) is 14.9. The van der Waals surface area contributed by atoms with Crippen LogP contribution in [0.4, 0.5) is 0 Å². The molecule has 0 aliphatic heterocycles. The number of hydrogen-bond acceptors (Lipinski definition) is 4. The van der Waals surface area contributed by atoms with Gasteiger partial charge in [-0.05, 0) is 17.2 Å². The van der Waals surface area contributed by atoms with Crippen molar-refractivity contribution in [1.29, 1.82) is 0 Å². The molecule has 1 aromatic carbocycles. The van der Waals surface area contributed by atoms with Gasteiger partial charge in [-0.25, -0.2) is 15.1 Å². The second kappa shape index (κ2) is 5.23. The molecule has 22 heavy (non-hydrogen) atoms. The molecule has 3 heterocycles. The van der Waals surface area contributed by atoms with Crippen LogP contribution >= 0.6 is 11.6 Å². The summed E-state index contributed by atoms with van der Waals surface area (Å²) in [4.78, 5) is 13.2. The summed E-state index contributed by atoms with van der Waals surface area (Å²) in [6.45, 7) is 0. The van der Waals surface area contributed by atoms with Gasteiger partial charge in [-0.1, -0.05) is 30.3 Å². The highest BCUT2D eigenvalue weighted by Gasteiger charge is 2.12. The smallest absolute Gasteiger partial charge is 0.218 e. The Morgan fingerprint density at radius 3 is 2.77 bits per heavy atom. The third-order valence-electron chi connectivity index (χ3n) is 3.35. The molecule has 0 aliphatic carbocycles. The third-order valence-corrected chi connectivity index (χ3v) is 3.51. The SMILES string of the molecule is Clc1nc(-c2cn3ccnc3c(Cc3ccccc3)n2)n[nH]1. The van der Waals surface area contributed by atoms with Crippen molar-refractivity contribution in [3.8, 4) is 11.5 Å². The van der Waals surface area contributed by atoms with Crippen molar-refractivity contribution in [3.63, 3.8) is 0 Å². The first-order valence-corrected chi connectivity index (χ1v) is 7.12. The molecule has 1 N–H and O–H groups in total. The summed E-state index contributed by atoms with van der Waals surface area (Å²) in [6.07, 6.45) is 6.16. The van der Waals surface area contributed by atoms with E-state index < -0.39 is 0 Å². The van der Waals surface area contributed by atoms with Gasteiger partial charge >= 0.3 is 0 Å². The number of hydrogen-bond donors (Lipinski definition) is 1. The maximum atomic E-state index is 5.80. The summed E-state index contributed by atoms with van der Waals surface area (Å²) in [5.74, 6) is 0.468. The highest BCUT2D eigenvalue weighted by molar-refractivity contribution is 6.28. The first-order valence-electron chi connectivity index (χ1n) is 6.74. The van der Waals surface area contributed by atoms with Crippen LogP contribution in [0.3, 0.4) is 0 Å². The molecule has 0 amide bonds. The van der Waals surface area contributed by atoms with Crippen molar-refractivity contribution in [3.05, 3.63) is 65.5 Å². The van der Waals surface area contributed by atoms with Crippen molar-refractivity contribution in [2.75, 3.05) is 0 Å². The maximum absolute atomic E-state index is 5.80. The van der Waals surface area contributed by atoms with E-state index in [4.69, 9.17) is 11.6 Å². The number of aromatic amines is 1. The van der Waals surface area contributed by atoms with Crippen LogP contribution in [-0.2, 0) is 6.42 Å². The fourth-order valence-electron chi connectivity index (χ4n) is 2.37. The number of rotatable bonds is 3. The normalized spacial score (nSPS) is 11.1. The summed E-state index contributed by atoms with van der Waals surface area (Å²) in [5.41, 5.74) is 3.52. The van der Waals surface area contributed by atoms with Gasteiger partial charge < -0.3 is 4.40 Å². The second-order valence-electron chi connectivity index (χ2n) is 4.84. The number of H-pyrrole nitrogens is 1. The summed E-state index contributed by atoms with van der Waals surface area (Å²) < 4.78 is 1.92. The fraction of sp³-hybridized carbons (Fsp3) is 0.0667. The number of nitrogens with zero attached hydrogens (tertiary/aromatic N) is 5. The number of benzene rings is 1. The fourth-order valence-corrected chi connectivity index (χ4v) is 2.49. The lowest BCUT2D eigenvalue weighted by Crippen LogP contribution is -2.01. The van der Waals surface area contributed by atoms with Gasteiger partial charge in [0.15, 0.2) is 5.65 Å². The Morgan fingerprint density at radius 1 is 1.14 bits per heavy atom. The average Bonchev–Trinajstić information content (AvgIpc) is 3.17.